The van der Waals surface area contributed by atoms with Gasteiger partial charge in [0.15, 0.2) is 11.3 Å². The number of esters is 2. The lowest BCUT2D eigenvalue weighted by molar-refractivity contribution is -0.142. The second kappa shape index (κ2) is 9.81. The van der Waals surface area contributed by atoms with Crippen molar-refractivity contribution in [2.45, 2.75) is 25.9 Å². The fourth-order valence-electron chi connectivity index (χ4n) is 4.78. The summed E-state index contributed by atoms with van der Waals surface area (Å²) in [7, 11) is 2.52. The van der Waals surface area contributed by atoms with E-state index in [1.165, 1.54) is 31.1 Å². The highest BCUT2D eigenvalue weighted by atomic mass is 16.5. The number of aliphatic hydroxyl groups excluding tert-OH is 1. The van der Waals surface area contributed by atoms with Gasteiger partial charge in [-0.2, -0.15) is 0 Å². The van der Waals surface area contributed by atoms with E-state index in [9.17, 15) is 24.3 Å². The van der Waals surface area contributed by atoms with Gasteiger partial charge in [0.1, 0.15) is 11.3 Å². The topological polar surface area (TPSA) is 123 Å². The molecule has 1 spiro atoms. The molecule has 2 aromatic carbocycles. The van der Waals surface area contributed by atoms with Gasteiger partial charge in [-0.1, -0.05) is 30.3 Å². The molecule has 0 saturated heterocycles. The number of carbonyl (C=O) groups is 4. The van der Waals surface area contributed by atoms with E-state index >= 15 is 0 Å². The van der Waals surface area contributed by atoms with E-state index in [0.717, 1.165) is 17.6 Å². The first kappa shape index (κ1) is 25.5. The molecule has 10 nitrogen and oxygen atoms in total. The van der Waals surface area contributed by atoms with Crippen molar-refractivity contribution >= 4 is 29.4 Å². The Labute approximate surface area is 213 Å². The van der Waals surface area contributed by atoms with Crippen LogP contribution in [0.4, 0.5) is 5.69 Å². The number of allylic oxidation sites excluding steroid dienone is 1. The first-order valence-electron chi connectivity index (χ1n) is 11.5. The van der Waals surface area contributed by atoms with Gasteiger partial charge in [-0.25, -0.2) is 9.59 Å². The molecular weight excluding hydrogens is 480 g/mol. The zero-order valence-corrected chi connectivity index (χ0v) is 20.8. The molecule has 0 bridgehead atoms. The van der Waals surface area contributed by atoms with Gasteiger partial charge in [-0.05, 0) is 43.7 Å². The van der Waals surface area contributed by atoms with Gasteiger partial charge in [-0.3, -0.25) is 14.5 Å². The molecule has 0 saturated carbocycles. The molecule has 0 radical (unpaired) electrons. The quantitative estimate of drug-likeness (QED) is 0.569. The highest BCUT2D eigenvalue weighted by Gasteiger charge is 2.69. The fraction of sp³-hybridized carbons (Fsp3) is 0.259. The van der Waals surface area contributed by atoms with E-state index in [4.69, 9.17) is 14.2 Å². The highest BCUT2D eigenvalue weighted by Crippen LogP contribution is 2.51. The van der Waals surface area contributed by atoms with Crippen molar-refractivity contribution in [3.63, 3.8) is 0 Å². The average molecular weight is 507 g/mol. The third kappa shape index (κ3) is 3.81. The number of ether oxygens (including phenoxy) is 3. The molecule has 2 aromatic rings. The van der Waals surface area contributed by atoms with Gasteiger partial charge in [-0.15, -0.1) is 0 Å². The molecule has 1 unspecified atom stereocenters. The Balaban J connectivity index is 2.02. The second-order valence-electron chi connectivity index (χ2n) is 8.32. The number of benzene rings is 2. The van der Waals surface area contributed by atoms with Gasteiger partial charge >= 0.3 is 11.9 Å². The van der Waals surface area contributed by atoms with Crippen LogP contribution >= 0.6 is 0 Å². The fourth-order valence-corrected chi connectivity index (χ4v) is 4.78. The number of hydrogen-bond acceptors (Lipinski definition) is 8. The molecule has 2 heterocycles. The lowest BCUT2D eigenvalue weighted by atomic mass is 9.82. The number of aliphatic hydroxyl groups is 1. The average Bonchev–Trinajstić information content (AvgIpc) is 3.26. The molecular formula is C27H26N2O8. The monoisotopic (exact) mass is 506 g/mol. The van der Waals surface area contributed by atoms with Crippen LogP contribution in [-0.2, 0) is 35.2 Å². The minimum absolute atomic E-state index is 0.0295. The summed E-state index contributed by atoms with van der Waals surface area (Å²) in [5.74, 6) is -4.40. The summed E-state index contributed by atoms with van der Waals surface area (Å²) in [5.41, 5.74) is -2.21. The minimum atomic E-state index is -2.35. The highest BCUT2D eigenvalue weighted by molar-refractivity contribution is 6.29. The number of nitrogens with zero attached hydrogens (tertiary/aromatic N) is 2. The number of methoxy groups -OCH3 is 2. The van der Waals surface area contributed by atoms with Crippen LogP contribution in [0.15, 0.2) is 77.2 Å². The SMILES string of the molecule is CCOC(=O)C1=C(C)N(Cc2ccccc2)C(=O)C12C(C(=O)OC)=C(O)C(=O)N2c1ccc(OC)cc1. The van der Waals surface area contributed by atoms with Crippen LogP contribution in [0.25, 0.3) is 0 Å². The van der Waals surface area contributed by atoms with Crippen LogP contribution in [0.5, 0.6) is 5.75 Å². The Bertz CT molecular complexity index is 1330. The molecule has 0 fully saturated rings. The molecule has 0 aromatic heterocycles. The molecule has 4 rings (SSSR count). The van der Waals surface area contributed by atoms with Crippen molar-refractivity contribution in [3.05, 3.63) is 82.8 Å². The van der Waals surface area contributed by atoms with Gasteiger partial charge in [0.2, 0.25) is 0 Å². The van der Waals surface area contributed by atoms with Crippen molar-refractivity contribution in [2.24, 2.45) is 0 Å². The molecule has 2 amide bonds. The van der Waals surface area contributed by atoms with Crippen LogP contribution < -0.4 is 9.64 Å². The molecule has 37 heavy (non-hydrogen) atoms. The zero-order valence-electron chi connectivity index (χ0n) is 20.8. The van der Waals surface area contributed by atoms with Crippen molar-refractivity contribution in [3.8, 4) is 5.75 Å². The molecule has 1 N–H and O–H groups in total. The Morgan fingerprint density at radius 1 is 0.946 bits per heavy atom. The molecule has 2 aliphatic rings. The van der Waals surface area contributed by atoms with Crippen LogP contribution in [0.2, 0.25) is 0 Å². The van der Waals surface area contributed by atoms with Crippen LogP contribution in [-0.4, -0.2) is 60.1 Å². The van der Waals surface area contributed by atoms with Crippen molar-refractivity contribution in [2.75, 3.05) is 25.7 Å². The van der Waals surface area contributed by atoms with E-state index in [0.29, 0.717) is 5.75 Å². The smallest absolute Gasteiger partial charge is 0.341 e. The molecule has 10 heteroatoms. The predicted octanol–water partition coefficient (Wildman–Crippen LogP) is 2.65. The molecule has 1 atom stereocenters. The Kier molecular flexibility index (Phi) is 6.76. The Morgan fingerprint density at radius 2 is 1.59 bits per heavy atom. The van der Waals surface area contributed by atoms with E-state index in [1.54, 1.807) is 43.3 Å². The van der Waals surface area contributed by atoms with E-state index in [-0.39, 0.29) is 30.1 Å². The predicted molar refractivity (Wildman–Crippen MR) is 131 cm³/mol. The van der Waals surface area contributed by atoms with Gasteiger partial charge in [0.05, 0.1) is 32.9 Å². The molecule has 0 aliphatic carbocycles. The Hall–Kier alpha value is -4.60. The number of anilines is 1. The zero-order chi connectivity index (χ0) is 26.9. The first-order valence-corrected chi connectivity index (χ1v) is 11.5. The summed E-state index contributed by atoms with van der Waals surface area (Å²) in [6, 6.07) is 15.1. The maximum Gasteiger partial charge on any atom is 0.341 e. The van der Waals surface area contributed by atoms with E-state index < -0.39 is 40.6 Å². The first-order chi connectivity index (χ1) is 17.7. The standard InChI is InChI=1S/C27H26N2O8/c1-5-37-25(33)20-16(2)28(15-17-9-7-6-8-10-17)26(34)27(20)21(24(32)36-4)22(30)23(31)29(27)18-11-13-19(35-3)14-12-18/h6-14,30H,5,15H2,1-4H3. The largest absolute Gasteiger partial charge is 0.503 e. The van der Waals surface area contributed by atoms with Gasteiger partial charge < -0.3 is 24.2 Å². The van der Waals surface area contributed by atoms with Crippen molar-refractivity contribution in [1.82, 2.24) is 4.90 Å². The summed E-state index contributed by atoms with van der Waals surface area (Å²) in [6.45, 7) is 3.13. The van der Waals surface area contributed by atoms with Crippen LogP contribution in [0.3, 0.4) is 0 Å². The number of hydrogen-bond donors (Lipinski definition) is 1. The number of carbonyl (C=O) groups excluding carboxylic acids is 4. The molecule has 192 valence electrons. The molecule has 2 aliphatic heterocycles. The summed E-state index contributed by atoms with van der Waals surface area (Å²) < 4.78 is 15.4. The van der Waals surface area contributed by atoms with E-state index in [2.05, 4.69) is 0 Å². The van der Waals surface area contributed by atoms with Gasteiger partial charge in [0, 0.05) is 11.4 Å². The third-order valence-corrected chi connectivity index (χ3v) is 6.41. The van der Waals surface area contributed by atoms with Crippen molar-refractivity contribution in [1.29, 1.82) is 0 Å². The maximum atomic E-state index is 14.4. The van der Waals surface area contributed by atoms with Gasteiger partial charge in [0.25, 0.3) is 11.8 Å². The lowest BCUT2D eigenvalue weighted by Gasteiger charge is -2.36. The Morgan fingerprint density at radius 3 is 2.16 bits per heavy atom. The number of rotatable bonds is 7. The normalized spacial score (nSPS) is 19.2. The summed E-state index contributed by atoms with van der Waals surface area (Å²) in [5, 5.41) is 10.9. The summed E-state index contributed by atoms with van der Waals surface area (Å²) in [4.78, 5) is 56.7. The van der Waals surface area contributed by atoms with Crippen molar-refractivity contribution < 1.29 is 38.5 Å². The summed E-state index contributed by atoms with van der Waals surface area (Å²) >= 11 is 0. The van der Waals surface area contributed by atoms with Crippen LogP contribution in [0.1, 0.15) is 19.4 Å². The summed E-state index contributed by atoms with van der Waals surface area (Å²) in [6.07, 6.45) is 0. The maximum absolute atomic E-state index is 14.4. The van der Waals surface area contributed by atoms with E-state index in [1.807, 2.05) is 6.07 Å². The number of amides is 2. The third-order valence-electron chi connectivity index (χ3n) is 6.41. The van der Waals surface area contributed by atoms with Crippen LogP contribution in [0, 0.1) is 0 Å². The lowest BCUT2D eigenvalue weighted by Crippen LogP contribution is -2.59. The second-order valence-corrected chi connectivity index (χ2v) is 8.32. The minimum Gasteiger partial charge on any atom is -0.503 e.